The van der Waals surface area contributed by atoms with Crippen LogP contribution in [0.2, 0.25) is 0 Å². The van der Waals surface area contributed by atoms with Crippen LogP contribution < -0.4 is 16.0 Å². The zero-order valence-corrected chi connectivity index (χ0v) is 17.5. The standard InChI is InChI=1S/C16H30N4S.HI/c1-6-17-15(18-9-10-20-16(3,4)5)19-12-13(2)14-8-7-11-21-14;/h7-8,11,13,20H,6,9-10,12H2,1-5H3,(H2,17,18,19);1H. The zero-order chi connectivity index (χ0) is 15.7. The van der Waals surface area contributed by atoms with Crippen molar-refractivity contribution in [3.8, 4) is 0 Å². The van der Waals surface area contributed by atoms with Crippen molar-refractivity contribution in [3.63, 3.8) is 0 Å². The van der Waals surface area contributed by atoms with E-state index in [1.54, 1.807) is 11.3 Å². The van der Waals surface area contributed by atoms with E-state index in [0.29, 0.717) is 5.92 Å². The number of guanidine groups is 1. The molecular formula is C16H31IN4S. The molecule has 22 heavy (non-hydrogen) atoms. The highest BCUT2D eigenvalue weighted by Crippen LogP contribution is 2.20. The van der Waals surface area contributed by atoms with Gasteiger partial charge >= 0.3 is 0 Å². The van der Waals surface area contributed by atoms with Gasteiger partial charge in [0, 0.05) is 36.0 Å². The highest BCUT2D eigenvalue weighted by atomic mass is 127. The van der Waals surface area contributed by atoms with Crippen molar-refractivity contribution in [1.29, 1.82) is 0 Å². The minimum Gasteiger partial charge on any atom is -0.357 e. The summed E-state index contributed by atoms with van der Waals surface area (Å²) in [6, 6.07) is 4.28. The van der Waals surface area contributed by atoms with Gasteiger partial charge in [-0.05, 0) is 39.1 Å². The molecule has 0 spiro atoms. The minimum atomic E-state index is 0. The summed E-state index contributed by atoms with van der Waals surface area (Å²) in [5.41, 5.74) is 0.158. The van der Waals surface area contributed by atoms with E-state index in [-0.39, 0.29) is 29.5 Å². The Morgan fingerprint density at radius 2 is 2.00 bits per heavy atom. The molecule has 1 unspecified atom stereocenters. The SMILES string of the molecule is CCNC(=NCC(C)c1cccs1)NCCNC(C)(C)C.I. The van der Waals surface area contributed by atoms with Crippen molar-refractivity contribution < 1.29 is 0 Å². The van der Waals surface area contributed by atoms with Gasteiger partial charge in [-0.15, -0.1) is 35.3 Å². The Hall–Kier alpha value is -0.340. The third-order valence-electron chi connectivity index (χ3n) is 2.97. The van der Waals surface area contributed by atoms with E-state index < -0.39 is 0 Å². The molecule has 1 rings (SSSR count). The molecule has 0 aliphatic heterocycles. The predicted octanol–water partition coefficient (Wildman–Crippen LogP) is 3.41. The first-order chi connectivity index (χ1) is 9.92. The smallest absolute Gasteiger partial charge is 0.191 e. The van der Waals surface area contributed by atoms with Crippen LogP contribution in [0.25, 0.3) is 0 Å². The minimum absolute atomic E-state index is 0. The van der Waals surface area contributed by atoms with Gasteiger partial charge in [-0.1, -0.05) is 13.0 Å². The largest absolute Gasteiger partial charge is 0.357 e. The average molecular weight is 438 g/mol. The van der Waals surface area contributed by atoms with Crippen LogP contribution in [0.15, 0.2) is 22.5 Å². The quantitative estimate of drug-likeness (QED) is 0.265. The lowest BCUT2D eigenvalue weighted by Gasteiger charge is -2.21. The molecule has 0 saturated heterocycles. The molecule has 0 bridgehead atoms. The summed E-state index contributed by atoms with van der Waals surface area (Å²) in [5, 5.41) is 12.3. The Balaban J connectivity index is 0.00000441. The number of rotatable bonds is 7. The summed E-state index contributed by atoms with van der Waals surface area (Å²) in [6.45, 7) is 14.3. The van der Waals surface area contributed by atoms with Gasteiger partial charge in [0.15, 0.2) is 5.96 Å². The van der Waals surface area contributed by atoms with E-state index in [1.165, 1.54) is 4.88 Å². The number of aliphatic imine (C=N–C) groups is 1. The van der Waals surface area contributed by atoms with Crippen LogP contribution in [-0.2, 0) is 0 Å². The molecule has 1 aromatic rings. The summed E-state index contributed by atoms with van der Waals surface area (Å²) in [4.78, 5) is 6.07. The number of thiophene rings is 1. The first kappa shape index (κ1) is 21.7. The molecule has 0 amide bonds. The summed E-state index contributed by atoms with van der Waals surface area (Å²) >= 11 is 1.80. The molecule has 1 atom stereocenters. The number of halogens is 1. The second kappa shape index (κ2) is 11.2. The van der Waals surface area contributed by atoms with Crippen molar-refractivity contribution in [2.24, 2.45) is 4.99 Å². The number of nitrogens with one attached hydrogen (secondary N) is 3. The second-order valence-corrected chi connectivity index (χ2v) is 7.22. The Morgan fingerprint density at radius 3 is 2.55 bits per heavy atom. The Morgan fingerprint density at radius 1 is 1.27 bits per heavy atom. The predicted molar refractivity (Wildman–Crippen MR) is 110 cm³/mol. The third kappa shape index (κ3) is 9.63. The molecular weight excluding hydrogens is 407 g/mol. The van der Waals surface area contributed by atoms with Crippen LogP contribution in [0.1, 0.15) is 45.4 Å². The van der Waals surface area contributed by atoms with Crippen LogP contribution >= 0.6 is 35.3 Å². The summed E-state index contributed by atoms with van der Waals surface area (Å²) in [5.74, 6) is 1.37. The van der Waals surface area contributed by atoms with E-state index in [2.05, 4.69) is 73.1 Å². The molecule has 0 fully saturated rings. The van der Waals surface area contributed by atoms with Crippen LogP contribution in [0.5, 0.6) is 0 Å². The molecule has 0 aliphatic rings. The van der Waals surface area contributed by atoms with E-state index in [9.17, 15) is 0 Å². The molecule has 0 aromatic carbocycles. The van der Waals surface area contributed by atoms with Gasteiger partial charge in [0.25, 0.3) is 0 Å². The first-order valence-corrected chi connectivity index (χ1v) is 8.61. The molecule has 0 radical (unpaired) electrons. The monoisotopic (exact) mass is 438 g/mol. The fourth-order valence-electron chi connectivity index (χ4n) is 1.85. The van der Waals surface area contributed by atoms with Gasteiger partial charge in [-0.3, -0.25) is 4.99 Å². The lowest BCUT2D eigenvalue weighted by Crippen LogP contribution is -2.44. The van der Waals surface area contributed by atoms with Crippen LogP contribution in [0, 0.1) is 0 Å². The Kier molecular flexibility index (Phi) is 11.1. The van der Waals surface area contributed by atoms with Crippen molar-refractivity contribution in [1.82, 2.24) is 16.0 Å². The van der Waals surface area contributed by atoms with Gasteiger partial charge < -0.3 is 16.0 Å². The van der Waals surface area contributed by atoms with Gasteiger partial charge in [-0.25, -0.2) is 0 Å². The van der Waals surface area contributed by atoms with E-state index in [0.717, 1.165) is 32.1 Å². The fraction of sp³-hybridized carbons (Fsp3) is 0.688. The fourth-order valence-corrected chi connectivity index (χ4v) is 2.63. The number of hydrogen-bond acceptors (Lipinski definition) is 3. The van der Waals surface area contributed by atoms with Crippen molar-refractivity contribution in [3.05, 3.63) is 22.4 Å². The molecule has 1 heterocycles. The zero-order valence-electron chi connectivity index (χ0n) is 14.4. The topological polar surface area (TPSA) is 48.5 Å². The molecule has 1 aromatic heterocycles. The van der Waals surface area contributed by atoms with E-state index in [1.807, 2.05) is 0 Å². The summed E-state index contributed by atoms with van der Waals surface area (Å²) in [6.07, 6.45) is 0. The van der Waals surface area contributed by atoms with E-state index in [4.69, 9.17) is 0 Å². The van der Waals surface area contributed by atoms with Crippen LogP contribution in [-0.4, -0.2) is 37.7 Å². The first-order valence-electron chi connectivity index (χ1n) is 7.73. The Labute approximate surface area is 156 Å². The summed E-state index contributed by atoms with van der Waals surface area (Å²) in [7, 11) is 0. The molecule has 128 valence electrons. The third-order valence-corrected chi connectivity index (χ3v) is 4.07. The maximum absolute atomic E-state index is 4.68. The van der Waals surface area contributed by atoms with E-state index >= 15 is 0 Å². The number of hydrogen-bond donors (Lipinski definition) is 3. The maximum Gasteiger partial charge on any atom is 0.191 e. The molecule has 6 heteroatoms. The molecule has 4 nitrogen and oxygen atoms in total. The lowest BCUT2D eigenvalue weighted by atomic mass is 10.1. The highest BCUT2D eigenvalue weighted by molar-refractivity contribution is 14.0. The van der Waals surface area contributed by atoms with Gasteiger partial charge in [0.05, 0.1) is 6.54 Å². The Bertz CT molecular complexity index is 412. The van der Waals surface area contributed by atoms with Crippen molar-refractivity contribution in [2.75, 3.05) is 26.2 Å². The average Bonchev–Trinajstić information content (AvgIpc) is 2.93. The van der Waals surface area contributed by atoms with Crippen molar-refractivity contribution in [2.45, 2.75) is 46.1 Å². The van der Waals surface area contributed by atoms with Crippen LogP contribution in [0.3, 0.4) is 0 Å². The van der Waals surface area contributed by atoms with Crippen molar-refractivity contribution >= 4 is 41.3 Å². The lowest BCUT2D eigenvalue weighted by molar-refractivity contribution is 0.428. The normalized spacial score (nSPS) is 13.4. The number of nitrogens with zero attached hydrogens (tertiary/aromatic N) is 1. The molecule has 0 saturated carbocycles. The second-order valence-electron chi connectivity index (χ2n) is 6.24. The van der Waals surface area contributed by atoms with Crippen LogP contribution in [0.4, 0.5) is 0 Å². The highest BCUT2D eigenvalue weighted by Gasteiger charge is 2.08. The molecule has 0 aliphatic carbocycles. The summed E-state index contributed by atoms with van der Waals surface area (Å²) < 4.78 is 0. The molecule has 3 N–H and O–H groups in total. The van der Waals surface area contributed by atoms with Gasteiger partial charge in [0.2, 0.25) is 0 Å². The maximum atomic E-state index is 4.68. The van der Waals surface area contributed by atoms with Gasteiger partial charge in [0.1, 0.15) is 0 Å². The van der Waals surface area contributed by atoms with Gasteiger partial charge in [-0.2, -0.15) is 0 Å².